The van der Waals surface area contributed by atoms with Gasteiger partial charge in [-0.25, -0.2) is 4.68 Å². The van der Waals surface area contributed by atoms with Crippen LogP contribution in [0.1, 0.15) is 5.56 Å². The molecule has 3 aromatic rings. The van der Waals surface area contributed by atoms with Crippen molar-refractivity contribution in [3.63, 3.8) is 0 Å². The molecule has 0 radical (unpaired) electrons. The number of hydrogen-bond donors (Lipinski definition) is 0. The molecular formula is C14H10BrN3O. The molecule has 2 heterocycles. The molecule has 4 nitrogen and oxygen atoms in total. The highest BCUT2D eigenvalue weighted by Crippen LogP contribution is 2.11. The number of fused-ring (bicyclic) bond motifs is 1. The number of rotatable bonds is 2. The minimum Gasteiger partial charge on any atom is -0.267 e. The molecule has 0 fully saturated rings. The molecule has 94 valence electrons. The molecular weight excluding hydrogens is 306 g/mol. The van der Waals surface area contributed by atoms with E-state index in [-0.39, 0.29) is 5.56 Å². The summed E-state index contributed by atoms with van der Waals surface area (Å²) in [5.41, 5.74) is 0.845. The Labute approximate surface area is 117 Å². The second-order valence-corrected chi connectivity index (χ2v) is 5.12. The molecule has 0 bridgehead atoms. The van der Waals surface area contributed by atoms with Gasteiger partial charge in [0.2, 0.25) is 0 Å². The van der Waals surface area contributed by atoms with Crippen molar-refractivity contribution < 1.29 is 0 Å². The molecule has 0 aliphatic carbocycles. The summed E-state index contributed by atoms with van der Waals surface area (Å²) in [5.74, 6) is 0. The molecule has 0 aliphatic heterocycles. The van der Waals surface area contributed by atoms with Crippen molar-refractivity contribution in [1.29, 1.82) is 0 Å². The van der Waals surface area contributed by atoms with E-state index in [9.17, 15) is 4.79 Å². The quantitative estimate of drug-likeness (QED) is 0.730. The molecule has 0 saturated carbocycles. The van der Waals surface area contributed by atoms with Gasteiger partial charge in [-0.2, -0.15) is 5.10 Å². The predicted octanol–water partition coefficient (Wildman–Crippen LogP) is 2.60. The third kappa shape index (κ3) is 2.42. The second-order valence-electron chi connectivity index (χ2n) is 4.21. The lowest BCUT2D eigenvalue weighted by atomic mass is 10.2. The van der Waals surface area contributed by atoms with E-state index in [1.165, 1.54) is 4.68 Å². The van der Waals surface area contributed by atoms with Crippen molar-refractivity contribution in [2.24, 2.45) is 0 Å². The van der Waals surface area contributed by atoms with E-state index in [1.807, 2.05) is 30.3 Å². The first-order chi connectivity index (χ1) is 9.24. The number of aromatic nitrogens is 3. The van der Waals surface area contributed by atoms with Gasteiger partial charge in [-0.3, -0.25) is 9.78 Å². The van der Waals surface area contributed by atoms with Crippen LogP contribution in [0.2, 0.25) is 0 Å². The van der Waals surface area contributed by atoms with Crippen LogP contribution in [0, 0.1) is 0 Å². The molecule has 0 aliphatic rings. The third-order valence-electron chi connectivity index (χ3n) is 2.86. The van der Waals surface area contributed by atoms with Gasteiger partial charge in [0.15, 0.2) is 0 Å². The first-order valence-corrected chi connectivity index (χ1v) is 6.57. The largest absolute Gasteiger partial charge is 0.274 e. The maximum atomic E-state index is 12.3. The van der Waals surface area contributed by atoms with Gasteiger partial charge in [0.05, 0.1) is 18.1 Å². The summed E-state index contributed by atoms with van der Waals surface area (Å²) in [5, 5.41) is 5.73. The van der Waals surface area contributed by atoms with Crippen molar-refractivity contribution in [2.45, 2.75) is 6.54 Å². The lowest BCUT2D eigenvalue weighted by Crippen LogP contribution is -2.23. The Balaban J connectivity index is 2.06. The van der Waals surface area contributed by atoms with Gasteiger partial charge in [0.1, 0.15) is 0 Å². The Morgan fingerprint density at radius 2 is 2.00 bits per heavy atom. The number of nitrogens with zero attached hydrogens (tertiary/aromatic N) is 3. The zero-order valence-electron chi connectivity index (χ0n) is 9.95. The first-order valence-electron chi connectivity index (χ1n) is 5.78. The van der Waals surface area contributed by atoms with Crippen LogP contribution < -0.4 is 5.56 Å². The number of pyridine rings is 1. The van der Waals surface area contributed by atoms with E-state index >= 15 is 0 Å². The number of benzene rings is 1. The first kappa shape index (κ1) is 12.0. The molecule has 0 spiro atoms. The molecule has 5 heteroatoms. The maximum absolute atomic E-state index is 12.3. The third-order valence-corrected chi connectivity index (χ3v) is 3.29. The maximum Gasteiger partial charge on any atom is 0.274 e. The van der Waals surface area contributed by atoms with E-state index in [4.69, 9.17) is 0 Å². The fourth-order valence-corrected chi connectivity index (χ4v) is 2.37. The van der Waals surface area contributed by atoms with Crippen molar-refractivity contribution in [1.82, 2.24) is 14.8 Å². The minimum atomic E-state index is -0.0851. The van der Waals surface area contributed by atoms with Crippen molar-refractivity contribution in [2.75, 3.05) is 0 Å². The predicted molar refractivity (Wildman–Crippen MR) is 77.0 cm³/mol. The molecule has 0 amide bonds. The van der Waals surface area contributed by atoms with Crippen LogP contribution in [0.5, 0.6) is 0 Å². The van der Waals surface area contributed by atoms with Gasteiger partial charge >= 0.3 is 0 Å². The number of halogens is 1. The van der Waals surface area contributed by atoms with Crippen LogP contribution in [0.4, 0.5) is 0 Å². The van der Waals surface area contributed by atoms with E-state index in [1.54, 1.807) is 18.6 Å². The van der Waals surface area contributed by atoms with Crippen LogP contribution in [-0.2, 0) is 6.54 Å². The average Bonchev–Trinajstić information content (AvgIpc) is 2.42. The Hall–Kier alpha value is -2.01. The molecule has 19 heavy (non-hydrogen) atoms. The highest BCUT2D eigenvalue weighted by atomic mass is 79.9. The fourth-order valence-electron chi connectivity index (χ4n) is 1.96. The lowest BCUT2D eigenvalue weighted by molar-refractivity contribution is 0.645. The molecule has 0 saturated heterocycles. The summed E-state index contributed by atoms with van der Waals surface area (Å²) in [6.45, 7) is 0.413. The zero-order chi connectivity index (χ0) is 13.2. The van der Waals surface area contributed by atoms with E-state index in [0.717, 1.165) is 15.4 Å². The highest BCUT2D eigenvalue weighted by molar-refractivity contribution is 9.10. The standard InChI is InChI=1S/C14H10BrN3O/c15-12-5-10(6-16-8-12)9-18-14(19)13-4-2-1-3-11(13)7-17-18/h1-8H,9H2. The highest BCUT2D eigenvalue weighted by Gasteiger charge is 2.04. The Morgan fingerprint density at radius 3 is 2.84 bits per heavy atom. The van der Waals surface area contributed by atoms with Crippen LogP contribution in [-0.4, -0.2) is 14.8 Å². The molecule has 0 N–H and O–H groups in total. The number of hydrogen-bond acceptors (Lipinski definition) is 3. The molecule has 1 aromatic carbocycles. The van der Waals surface area contributed by atoms with E-state index in [0.29, 0.717) is 11.9 Å². The van der Waals surface area contributed by atoms with Gasteiger partial charge in [-0.15, -0.1) is 0 Å². The summed E-state index contributed by atoms with van der Waals surface area (Å²) >= 11 is 3.36. The minimum absolute atomic E-state index is 0.0851. The zero-order valence-corrected chi connectivity index (χ0v) is 11.5. The Bertz CT molecular complexity index is 798. The normalized spacial score (nSPS) is 10.8. The van der Waals surface area contributed by atoms with Gasteiger partial charge in [0, 0.05) is 22.3 Å². The van der Waals surface area contributed by atoms with Crippen LogP contribution in [0.25, 0.3) is 10.8 Å². The SMILES string of the molecule is O=c1c2ccccc2cnn1Cc1cncc(Br)c1. The van der Waals surface area contributed by atoms with Gasteiger partial charge in [0.25, 0.3) is 5.56 Å². The summed E-state index contributed by atoms with van der Waals surface area (Å²) in [6, 6.07) is 9.38. The van der Waals surface area contributed by atoms with E-state index in [2.05, 4.69) is 26.0 Å². The average molecular weight is 316 g/mol. The van der Waals surface area contributed by atoms with Gasteiger partial charge in [-0.1, -0.05) is 18.2 Å². The second kappa shape index (κ2) is 4.93. The summed E-state index contributed by atoms with van der Waals surface area (Å²) in [6.07, 6.45) is 5.15. The topological polar surface area (TPSA) is 47.8 Å². The smallest absolute Gasteiger partial charge is 0.267 e. The van der Waals surface area contributed by atoms with Crippen LogP contribution in [0.3, 0.4) is 0 Å². The summed E-state index contributed by atoms with van der Waals surface area (Å²) < 4.78 is 2.34. The van der Waals surface area contributed by atoms with Crippen molar-refractivity contribution in [3.8, 4) is 0 Å². The lowest BCUT2D eigenvalue weighted by Gasteiger charge is -2.06. The summed E-state index contributed by atoms with van der Waals surface area (Å²) in [4.78, 5) is 16.4. The Kier molecular flexibility index (Phi) is 3.13. The van der Waals surface area contributed by atoms with Crippen LogP contribution >= 0.6 is 15.9 Å². The molecule has 0 atom stereocenters. The van der Waals surface area contributed by atoms with Crippen LogP contribution in [0.15, 0.2) is 58.2 Å². The van der Waals surface area contributed by atoms with E-state index < -0.39 is 0 Å². The molecule has 3 rings (SSSR count). The Morgan fingerprint density at radius 1 is 1.16 bits per heavy atom. The van der Waals surface area contributed by atoms with Gasteiger partial charge < -0.3 is 0 Å². The van der Waals surface area contributed by atoms with Crippen molar-refractivity contribution in [3.05, 3.63) is 69.3 Å². The fraction of sp³-hybridized carbons (Fsp3) is 0.0714. The molecule has 0 unspecified atom stereocenters. The monoisotopic (exact) mass is 315 g/mol. The molecule has 2 aromatic heterocycles. The van der Waals surface area contributed by atoms with Gasteiger partial charge in [-0.05, 0) is 33.6 Å². The summed E-state index contributed by atoms with van der Waals surface area (Å²) in [7, 11) is 0. The van der Waals surface area contributed by atoms with Crippen molar-refractivity contribution >= 4 is 26.7 Å².